The van der Waals surface area contributed by atoms with E-state index >= 15 is 0 Å². The van der Waals surface area contributed by atoms with Crippen LogP contribution in [0.15, 0.2) is 34.9 Å². The average molecular weight is 343 g/mol. The van der Waals surface area contributed by atoms with E-state index in [9.17, 15) is 4.79 Å². The molecule has 0 radical (unpaired) electrons. The molecule has 0 aliphatic carbocycles. The van der Waals surface area contributed by atoms with Gasteiger partial charge in [-0.25, -0.2) is 0 Å². The number of benzene rings is 1. The van der Waals surface area contributed by atoms with E-state index in [0.717, 1.165) is 48.6 Å². The Labute approximate surface area is 148 Å². The lowest BCUT2D eigenvalue weighted by Gasteiger charge is -2.21. The van der Waals surface area contributed by atoms with Gasteiger partial charge in [-0.15, -0.1) is 0 Å². The summed E-state index contributed by atoms with van der Waals surface area (Å²) in [6.45, 7) is 3.80. The molecule has 2 heterocycles. The minimum atomic E-state index is 0.0398. The summed E-state index contributed by atoms with van der Waals surface area (Å²) in [6, 6.07) is 10.00. The van der Waals surface area contributed by atoms with Gasteiger partial charge in [-0.1, -0.05) is 23.4 Å². The number of aromatic nitrogens is 1. The molecule has 1 atom stereocenters. The Morgan fingerprint density at radius 2 is 2.28 bits per heavy atom. The molecule has 0 spiro atoms. The summed E-state index contributed by atoms with van der Waals surface area (Å²) in [5, 5.41) is 6.96. The van der Waals surface area contributed by atoms with Gasteiger partial charge in [0.25, 0.3) is 0 Å². The number of carbonyl (C=O) groups is 1. The van der Waals surface area contributed by atoms with Crippen molar-refractivity contribution in [3.63, 3.8) is 0 Å². The van der Waals surface area contributed by atoms with E-state index in [1.807, 2.05) is 37.3 Å². The molecule has 6 nitrogen and oxygen atoms in total. The van der Waals surface area contributed by atoms with Gasteiger partial charge in [0.1, 0.15) is 5.75 Å². The molecule has 0 unspecified atom stereocenters. The third-order valence-electron chi connectivity index (χ3n) is 4.59. The van der Waals surface area contributed by atoms with Gasteiger partial charge in [-0.05, 0) is 44.4 Å². The van der Waals surface area contributed by atoms with Gasteiger partial charge in [0.2, 0.25) is 5.91 Å². The van der Waals surface area contributed by atoms with E-state index in [1.165, 1.54) is 0 Å². The van der Waals surface area contributed by atoms with Crippen LogP contribution in [-0.2, 0) is 11.2 Å². The van der Waals surface area contributed by atoms with Gasteiger partial charge in [-0.3, -0.25) is 9.69 Å². The highest BCUT2D eigenvalue weighted by molar-refractivity contribution is 5.78. The van der Waals surface area contributed by atoms with Crippen LogP contribution < -0.4 is 10.1 Å². The van der Waals surface area contributed by atoms with Crippen molar-refractivity contribution < 1.29 is 14.1 Å². The first-order chi connectivity index (χ1) is 12.2. The molecular formula is C19H25N3O3. The molecule has 1 aliphatic heterocycles. The zero-order chi connectivity index (χ0) is 17.6. The molecule has 25 heavy (non-hydrogen) atoms. The molecule has 134 valence electrons. The number of hydrogen-bond acceptors (Lipinski definition) is 5. The molecule has 1 amide bonds. The summed E-state index contributed by atoms with van der Waals surface area (Å²) in [7, 11) is 1.66. The van der Waals surface area contributed by atoms with Crippen LogP contribution >= 0.6 is 0 Å². The molecular weight excluding hydrogens is 318 g/mol. The number of ether oxygens (including phenoxy) is 1. The second-order valence-corrected chi connectivity index (χ2v) is 6.41. The summed E-state index contributed by atoms with van der Waals surface area (Å²) in [5.41, 5.74) is 1.98. The number of methoxy groups -OCH3 is 1. The quantitative estimate of drug-likeness (QED) is 0.836. The minimum Gasteiger partial charge on any atom is -0.496 e. The molecule has 1 fully saturated rings. The first-order valence-electron chi connectivity index (χ1n) is 8.73. The van der Waals surface area contributed by atoms with Crippen LogP contribution in [0.25, 0.3) is 0 Å². The van der Waals surface area contributed by atoms with Crippen LogP contribution in [-0.4, -0.2) is 42.7 Å². The van der Waals surface area contributed by atoms with Crippen LogP contribution in [0, 0.1) is 6.92 Å². The summed E-state index contributed by atoms with van der Waals surface area (Å²) in [5.74, 6) is 1.76. The average Bonchev–Trinajstić information content (AvgIpc) is 3.24. The number of nitrogens with zero attached hydrogens (tertiary/aromatic N) is 2. The van der Waals surface area contributed by atoms with Gasteiger partial charge in [0.15, 0.2) is 5.76 Å². The monoisotopic (exact) mass is 343 g/mol. The van der Waals surface area contributed by atoms with Crippen molar-refractivity contribution in [2.45, 2.75) is 32.2 Å². The van der Waals surface area contributed by atoms with Gasteiger partial charge in [-0.2, -0.15) is 0 Å². The highest BCUT2D eigenvalue weighted by Crippen LogP contribution is 2.31. The first kappa shape index (κ1) is 17.5. The lowest BCUT2D eigenvalue weighted by molar-refractivity contribution is -0.122. The summed E-state index contributed by atoms with van der Waals surface area (Å²) in [6.07, 6.45) is 2.82. The maximum absolute atomic E-state index is 12.3. The van der Waals surface area contributed by atoms with Gasteiger partial charge < -0.3 is 14.6 Å². The van der Waals surface area contributed by atoms with Gasteiger partial charge >= 0.3 is 0 Å². The van der Waals surface area contributed by atoms with E-state index in [2.05, 4.69) is 15.4 Å². The standard InChI is InChI=1S/C19H25N3O3/c1-14-12-18(25-21-14)16-7-5-11-22(16)13-19(23)20-10-9-15-6-3-4-8-17(15)24-2/h3-4,6,8,12,16H,5,7,9-11,13H2,1-2H3,(H,20,23)/t16-/m1/s1. The molecule has 1 aromatic heterocycles. The molecule has 0 bridgehead atoms. The van der Waals surface area contributed by atoms with Crippen LogP contribution in [0.1, 0.15) is 35.9 Å². The highest BCUT2D eigenvalue weighted by Gasteiger charge is 2.30. The fourth-order valence-corrected chi connectivity index (χ4v) is 3.36. The maximum Gasteiger partial charge on any atom is 0.234 e. The zero-order valence-corrected chi connectivity index (χ0v) is 14.8. The van der Waals surface area contributed by atoms with E-state index in [4.69, 9.17) is 9.26 Å². The van der Waals surface area contributed by atoms with Crippen LogP contribution in [0.4, 0.5) is 0 Å². The van der Waals surface area contributed by atoms with Crippen molar-refractivity contribution in [2.75, 3.05) is 26.7 Å². The summed E-state index contributed by atoms with van der Waals surface area (Å²) >= 11 is 0. The van der Waals surface area contributed by atoms with Crippen LogP contribution in [0.2, 0.25) is 0 Å². The fourth-order valence-electron chi connectivity index (χ4n) is 3.36. The van der Waals surface area contributed by atoms with Crippen molar-refractivity contribution in [3.8, 4) is 5.75 Å². The molecule has 0 saturated carbocycles. The minimum absolute atomic E-state index is 0.0398. The van der Waals surface area contributed by atoms with Crippen molar-refractivity contribution in [1.82, 2.24) is 15.4 Å². The van der Waals surface area contributed by atoms with E-state index in [-0.39, 0.29) is 11.9 Å². The Hall–Kier alpha value is -2.34. The number of aryl methyl sites for hydroxylation is 1. The lowest BCUT2D eigenvalue weighted by Crippen LogP contribution is -2.37. The first-order valence-corrected chi connectivity index (χ1v) is 8.73. The van der Waals surface area contributed by atoms with Crippen molar-refractivity contribution >= 4 is 5.91 Å². The molecule has 1 aromatic carbocycles. The molecule has 1 aliphatic rings. The Morgan fingerprint density at radius 1 is 1.44 bits per heavy atom. The smallest absolute Gasteiger partial charge is 0.234 e. The topological polar surface area (TPSA) is 67.6 Å². The number of para-hydroxylation sites is 1. The van der Waals surface area contributed by atoms with E-state index < -0.39 is 0 Å². The second-order valence-electron chi connectivity index (χ2n) is 6.41. The number of carbonyl (C=O) groups excluding carboxylic acids is 1. The molecule has 1 N–H and O–H groups in total. The van der Waals surface area contributed by atoms with Crippen molar-refractivity contribution in [2.24, 2.45) is 0 Å². The van der Waals surface area contributed by atoms with E-state index in [0.29, 0.717) is 13.1 Å². The Morgan fingerprint density at radius 3 is 3.04 bits per heavy atom. The SMILES string of the molecule is COc1ccccc1CCNC(=O)CN1CCC[C@@H]1c1cc(C)no1. The number of nitrogens with one attached hydrogen (secondary N) is 1. The molecule has 1 saturated heterocycles. The lowest BCUT2D eigenvalue weighted by atomic mass is 10.1. The third-order valence-corrected chi connectivity index (χ3v) is 4.59. The summed E-state index contributed by atoms with van der Waals surface area (Å²) < 4.78 is 10.7. The predicted octanol–water partition coefficient (Wildman–Crippen LogP) is 2.49. The normalized spacial score (nSPS) is 17.6. The van der Waals surface area contributed by atoms with Gasteiger partial charge in [0.05, 0.1) is 25.4 Å². The Kier molecular flexibility index (Phi) is 5.71. The third kappa shape index (κ3) is 4.39. The number of likely N-dealkylation sites (tertiary alicyclic amines) is 1. The number of amides is 1. The molecule has 2 aromatic rings. The van der Waals surface area contributed by atoms with Gasteiger partial charge in [0, 0.05) is 12.6 Å². The Balaban J connectivity index is 1.49. The number of hydrogen-bond donors (Lipinski definition) is 1. The number of rotatable bonds is 7. The maximum atomic E-state index is 12.3. The van der Waals surface area contributed by atoms with Crippen molar-refractivity contribution in [1.29, 1.82) is 0 Å². The summed E-state index contributed by atoms with van der Waals surface area (Å²) in [4.78, 5) is 14.5. The zero-order valence-electron chi connectivity index (χ0n) is 14.8. The van der Waals surface area contributed by atoms with E-state index in [1.54, 1.807) is 7.11 Å². The predicted molar refractivity (Wildman–Crippen MR) is 94.5 cm³/mol. The largest absolute Gasteiger partial charge is 0.496 e. The van der Waals surface area contributed by atoms with Crippen LogP contribution in [0.5, 0.6) is 5.75 Å². The highest BCUT2D eigenvalue weighted by atomic mass is 16.5. The molecule has 6 heteroatoms. The Bertz CT molecular complexity index is 713. The fraction of sp³-hybridized carbons (Fsp3) is 0.474. The van der Waals surface area contributed by atoms with Crippen molar-refractivity contribution in [3.05, 3.63) is 47.3 Å². The van der Waals surface area contributed by atoms with Crippen LogP contribution in [0.3, 0.4) is 0 Å². The second kappa shape index (κ2) is 8.16. The molecule has 3 rings (SSSR count).